The van der Waals surface area contributed by atoms with Gasteiger partial charge in [0.1, 0.15) is 11.3 Å². The maximum atomic E-state index is 15.7. The van der Waals surface area contributed by atoms with Crippen LogP contribution in [0.2, 0.25) is 0 Å². The molecule has 3 rings (SSSR count). The Kier molecular flexibility index (Phi) is 6.99. The van der Waals surface area contributed by atoms with Gasteiger partial charge in [-0.3, -0.25) is 15.0 Å². The molecule has 168 valence electrons. The lowest BCUT2D eigenvalue weighted by Crippen LogP contribution is -2.50. The number of amides is 3. The van der Waals surface area contributed by atoms with E-state index in [0.29, 0.717) is 16.9 Å². The van der Waals surface area contributed by atoms with Gasteiger partial charge in [0.15, 0.2) is 5.82 Å². The molecule has 0 bridgehead atoms. The number of urea groups is 1. The van der Waals surface area contributed by atoms with E-state index in [-0.39, 0.29) is 30.1 Å². The second-order valence-corrected chi connectivity index (χ2v) is 8.92. The summed E-state index contributed by atoms with van der Waals surface area (Å²) in [6, 6.07) is 8.42. The van der Waals surface area contributed by atoms with Gasteiger partial charge in [0.05, 0.1) is 12.8 Å². The molecule has 1 aliphatic rings. The molecule has 0 radical (unpaired) electrons. The Bertz CT molecular complexity index is 1100. The van der Waals surface area contributed by atoms with Crippen LogP contribution in [0.15, 0.2) is 30.3 Å². The SMILES string of the molecule is COc1c(C(C)(C)C)cc(N2CCC(=O)NC2=O)c(F)c1C#Cc1ccc(NSC)cc1. The molecular weight excluding hydrogens is 429 g/mol. The number of imide groups is 1. The molecule has 8 heteroatoms. The molecule has 1 fully saturated rings. The van der Waals surface area contributed by atoms with Crippen molar-refractivity contribution in [2.75, 3.05) is 29.5 Å². The molecule has 6 nitrogen and oxygen atoms in total. The lowest BCUT2D eigenvalue weighted by atomic mass is 9.84. The summed E-state index contributed by atoms with van der Waals surface area (Å²) in [5.74, 6) is 5.21. The van der Waals surface area contributed by atoms with Crippen LogP contribution in [0.1, 0.15) is 43.9 Å². The summed E-state index contributed by atoms with van der Waals surface area (Å²) in [6.45, 7) is 6.01. The summed E-state index contributed by atoms with van der Waals surface area (Å²) >= 11 is 1.49. The summed E-state index contributed by atoms with van der Waals surface area (Å²) in [5, 5.41) is 2.24. The maximum absolute atomic E-state index is 15.7. The minimum absolute atomic E-state index is 0.0737. The number of methoxy groups -OCH3 is 1. The summed E-state index contributed by atoms with van der Waals surface area (Å²) in [4.78, 5) is 25.2. The van der Waals surface area contributed by atoms with Gasteiger partial charge in [-0.25, -0.2) is 9.18 Å². The number of carbonyl (C=O) groups excluding carboxylic acids is 2. The summed E-state index contributed by atoms with van der Waals surface area (Å²) < 4.78 is 24.4. The highest BCUT2D eigenvalue weighted by atomic mass is 32.2. The number of hydrogen-bond acceptors (Lipinski definition) is 5. The molecule has 3 amide bonds. The van der Waals surface area contributed by atoms with E-state index < -0.39 is 17.3 Å². The number of halogens is 1. The summed E-state index contributed by atoms with van der Waals surface area (Å²) in [5.41, 5.74) is 2.11. The van der Waals surface area contributed by atoms with Crippen molar-refractivity contribution < 1.29 is 18.7 Å². The van der Waals surface area contributed by atoms with Crippen molar-refractivity contribution >= 4 is 35.3 Å². The van der Waals surface area contributed by atoms with Crippen LogP contribution in [-0.2, 0) is 10.2 Å². The predicted octanol–water partition coefficient (Wildman–Crippen LogP) is 4.67. The number of benzene rings is 2. The van der Waals surface area contributed by atoms with Crippen LogP contribution in [0.3, 0.4) is 0 Å². The number of anilines is 2. The second-order valence-electron chi connectivity index (χ2n) is 8.30. The predicted molar refractivity (Wildman–Crippen MR) is 127 cm³/mol. The molecule has 1 heterocycles. The standard InChI is InChI=1S/C24H26FN3O3S/c1-24(2,3)18-14-19(28-13-12-20(29)26-23(28)30)21(25)17(22(18)31-4)11-8-15-6-9-16(10-7-15)27-32-5/h6-7,9-10,14,27H,12-13H2,1-5H3,(H,26,29,30). The molecule has 0 atom stereocenters. The minimum atomic E-state index is -0.660. The third-order valence-corrected chi connectivity index (χ3v) is 5.43. The highest BCUT2D eigenvalue weighted by Gasteiger charge is 2.32. The first-order chi connectivity index (χ1) is 15.2. The maximum Gasteiger partial charge on any atom is 0.328 e. The van der Waals surface area contributed by atoms with E-state index in [9.17, 15) is 9.59 Å². The van der Waals surface area contributed by atoms with Gasteiger partial charge in [0.2, 0.25) is 5.91 Å². The smallest absolute Gasteiger partial charge is 0.328 e. The Labute approximate surface area is 192 Å². The van der Waals surface area contributed by atoms with Crippen molar-refractivity contribution in [2.24, 2.45) is 0 Å². The van der Waals surface area contributed by atoms with Gasteiger partial charge in [-0.2, -0.15) is 0 Å². The van der Waals surface area contributed by atoms with Crippen LogP contribution in [-0.4, -0.2) is 31.8 Å². The molecule has 1 saturated heterocycles. The van der Waals surface area contributed by atoms with Crippen LogP contribution in [0.25, 0.3) is 0 Å². The molecule has 0 unspecified atom stereocenters. The fraction of sp³-hybridized carbons (Fsp3) is 0.333. The Morgan fingerprint density at radius 1 is 1.19 bits per heavy atom. The van der Waals surface area contributed by atoms with Crippen molar-refractivity contribution in [1.29, 1.82) is 0 Å². The molecular formula is C24H26FN3O3S. The minimum Gasteiger partial charge on any atom is -0.495 e. The number of ether oxygens (including phenoxy) is 1. The molecule has 32 heavy (non-hydrogen) atoms. The molecule has 0 saturated carbocycles. The average Bonchev–Trinajstić information content (AvgIpc) is 2.73. The fourth-order valence-electron chi connectivity index (χ4n) is 3.37. The number of nitrogens with zero attached hydrogens (tertiary/aromatic N) is 1. The summed E-state index contributed by atoms with van der Waals surface area (Å²) in [6.07, 6.45) is 2.03. The molecule has 0 spiro atoms. The van der Waals surface area contributed by atoms with Crippen molar-refractivity contribution in [3.63, 3.8) is 0 Å². The highest BCUT2D eigenvalue weighted by Crippen LogP contribution is 2.40. The third kappa shape index (κ3) is 5.00. The third-order valence-electron chi connectivity index (χ3n) is 4.99. The number of rotatable bonds is 4. The van der Waals surface area contributed by atoms with Gasteiger partial charge in [0, 0.05) is 36.0 Å². The van der Waals surface area contributed by atoms with E-state index in [4.69, 9.17) is 4.74 Å². The fourth-order valence-corrected chi connectivity index (χ4v) is 3.75. The van der Waals surface area contributed by atoms with Gasteiger partial charge >= 0.3 is 6.03 Å². The number of hydrogen-bond donors (Lipinski definition) is 2. The van der Waals surface area contributed by atoms with Gasteiger partial charge in [0.25, 0.3) is 0 Å². The van der Waals surface area contributed by atoms with Crippen LogP contribution in [0.5, 0.6) is 5.75 Å². The lowest BCUT2D eigenvalue weighted by Gasteiger charge is -2.30. The van der Waals surface area contributed by atoms with E-state index in [1.165, 1.54) is 24.0 Å². The van der Waals surface area contributed by atoms with Gasteiger partial charge in [-0.1, -0.05) is 44.6 Å². The Hall–Kier alpha value is -3.18. The van der Waals surface area contributed by atoms with E-state index in [1.807, 2.05) is 51.3 Å². The van der Waals surface area contributed by atoms with Crippen LogP contribution in [0.4, 0.5) is 20.6 Å². The zero-order valence-electron chi connectivity index (χ0n) is 18.8. The zero-order valence-corrected chi connectivity index (χ0v) is 19.6. The first-order valence-electron chi connectivity index (χ1n) is 10.1. The monoisotopic (exact) mass is 455 g/mol. The number of carbonyl (C=O) groups is 2. The van der Waals surface area contributed by atoms with Crippen molar-refractivity contribution in [2.45, 2.75) is 32.6 Å². The van der Waals surface area contributed by atoms with Crippen molar-refractivity contribution in [1.82, 2.24) is 5.32 Å². The molecule has 2 aromatic rings. The second kappa shape index (κ2) is 9.53. The average molecular weight is 456 g/mol. The quantitative estimate of drug-likeness (QED) is 0.518. The van der Waals surface area contributed by atoms with Crippen LogP contribution >= 0.6 is 11.9 Å². The Morgan fingerprint density at radius 3 is 2.44 bits per heavy atom. The van der Waals surface area contributed by atoms with Crippen LogP contribution < -0.4 is 19.7 Å². The first-order valence-corrected chi connectivity index (χ1v) is 11.3. The highest BCUT2D eigenvalue weighted by molar-refractivity contribution is 7.99. The summed E-state index contributed by atoms with van der Waals surface area (Å²) in [7, 11) is 1.48. The van der Waals surface area contributed by atoms with E-state index in [0.717, 1.165) is 5.69 Å². The Balaban J connectivity index is 2.14. The zero-order chi connectivity index (χ0) is 23.5. The molecule has 2 N–H and O–H groups in total. The molecule has 1 aliphatic heterocycles. The van der Waals surface area contributed by atoms with Crippen LogP contribution in [0, 0.1) is 17.7 Å². The largest absolute Gasteiger partial charge is 0.495 e. The molecule has 0 aliphatic carbocycles. The molecule has 0 aromatic heterocycles. The van der Waals surface area contributed by atoms with Crippen molar-refractivity contribution in [3.05, 3.63) is 52.8 Å². The van der Waals surface area contributed by atoms with Gasteiger partial charge in [-0.05, 0) is 35.7 Å². The normalized spacial score (nSPS) is 13.9. The molecule has 2 aromatic carbocycles. The number of nitrogens with one attached hydrogen (secondary N) is 2. The van der Waals surface area contributed by atoms with E-state index in [2.05, 4.69) is 21.9 Å². The van der Waals surface area contributed by atoms with Gasteiger partial charge < -0.3 is 9.46 Å². The van der Waals surface area contributed by atoms with E-state index >= 15 is 4.39 Å². The topological polar surface area (TPSA) is 70.7 Å². The van der Waals surface area contributed by atoms with Gasteiger partial charge in [-0.15, -0.1) is 0 Å². The van der Waals surface area contributed by atoms with Crippen molar-refractivity contribution in [3.8, 4) is 17.6 Å². The Morgan fingerprint density at radius 2 is 1.88 bits per heavy atom. The lowest BCUT2D eigenvalue weighted by molar-refractivity contribution is -0.120. The van der Waals surface area contributed by atoms with E-state index in [1.54, 1.807) is 6.07 Å². The first kappa shape index (κ1) is 23.5.